The monoisotopic (exact) mass is 378 g/mol. The van der Waals surface area contributed by atoms with Gasteiger partial charge in [0.05, 0.1) is 0 Å². The molecule has 0 unspecified atom stereocenters. The summed E-state index contributed by atoms with van der Waals surface area (Å²) in [4.78, 5) is 29.0. The lowest BCUT2D eigenvalue weighted by atomic mass is 10.1. The van der Waals surface area contributed by atoms with Crippen LogP contribution in [0, 0.1) is 0 Å². The minimum Gasteiger partial charge on any atom is -0.451 e. The lowest BCUT2D eigenvalue weighted by molar-refractivity contribution is -0.352. The second-order valence-corrected chi connectivity index (χ2v) is 7.25. The summed E-state index contributed by atoms with van der Waals surface area (Å²) in [5.74, 6) is 0.696. The Morgan fingerprint density at radius 3 is 2.43 bits per heavy atom. The van der Waals surface area contributed by atoms with E-state index in [4.69, 9.17) is 4.42 Å². The van der Waals surface area contributed by atoms with Crippen LogP contribution in [0.1, 0.15) is 23.4 Å². The number of benzene rings is 1. The molecule has 2 bridgehead atoms. The van der Waals surface area contributed by atoms with Crippen LogP contribution >= 0.6 is 0 Å². The lowest BCUT2D eigenvalue weighted by Gasteiger charge is -2.30. The summed E-state index contributed by atoms with van der Waals surface area (Å²) in [5, 5.41) is 0. The third-order valence-electron chi connectivity index (χ3n) is 5.64. The zero-order valence-corrected chi connectivity index (χ0v) is 15.8. The summed E-state index contributed by atoms with van der Waals surface area (Å²) in [6.07, 6.45) is 3.29. The van der Waals surface area contributed by atoms with Gasteiger partial charge in [-0.15, -0.1) is 4.58 Å². The number of amides is 2. The third kappa shape index (κ3) is 3.43. The molecule has 1 aromatic carbocycles. The van der Waals surface area contributed by atoms with E-state index in [-0.39, 0.29) is 11.8 Å². The van der Waals surface area contributed by atoms with Crippen LogP contribution in [-0.2, 0) is 4.79 Å². The van der Waals surface area contributed by atoms with Crippen molar-refractivity contribution in [2.24, 2.45) is 0 Å². The minimum absolute atomic E-state index is 0.0304. The van der Waals surface area contributed by atoms with Crippen molar-refractivity contribution in [3.8, 4) is 11.3 Å². The van der Waals surface area contributed by atoms with Crippen molar-refractivity contribution in [1.29, 1.82) is 0 Å². The van der Waals surface area contributed by atoms with E-state index in [1.54, 1.807) is 18.2 Å². The van der Waals surface area contributed by atoms with E-state index in [0.29, 0.717) is 23.2 Å². The van der Waals surface area contributed by atoms with Gasteiger partial charge in [0.15, 0.2) is 5.76 Å². The second-order valence-electron chi connectivity index (χ2n) is 7.25. The molecule has 2 aromatic rings. The summed E-state index contributed by atoms with van der Waals surface area (Å²) < 4.78 is 7.16. The second kappa shape index (κ2) is 7.56. The fraction of sp³-hybridized carbons (Fsp3) is 0.318. The Hall–Kier alpha value is -2.99. The van der Waals surface area contributed by atoms with Crippen molar-refractivity contribution in [1.82, 2.24) is 9.80 Å². The number of hydrogen-bond acceptors (Lipinski definition) is 4. The average Bonchev–Trinajstić information content (AvgIpc) is 3.05. The highest BCUT2D eigenvalue weighted by molar-refractivity contribution is 5.92. The normalized spacial score (nSPS) is 21.2. The van der Waals surface area contributed by atoms with E-state index < -0.39 is 0 Å². The highest BCUT2D eigenvalue weighted by Gasteiger charge is 2.33. The first-order valence-corrected chi connectivity index (χ1v) is 9.57. The van der Waals surface area contributed by atoms with E-state index in [1.807, 2.05) is 23.1 Å². The van der Waals surface area contributed by atoms with Crippen LogP contribution < -0.4 is 0 Å². The molecule has 144 valence electrons. The third-order valence-corrected chi connectivity index (χ3v) is 5.64. The van der Waals surface area contributed by atoms with Crippen LogP contribution in [0.5, 0.6) is 0 Å². The lowest BCUT2D eigenvalue weighted by Crippen LogP contribution is -2.41. The summed E-state index contributed by atoms with van der Waals surface area (Å²) in [6, 6.07) is 11.1. The topological polar surface area (TPSA) is 56.8 Å². The Kier molecular flexibility index (Phi) is 4.96. The summed E-state index contributed by atoms with van der Waals surface area (Å²) >= 11 is 0. The molecule has 0 spiro atoms. The summed E-state index contributed by atoms with van der Waals surface area (Å²) in [7, 11) is 0. The highest BCUT2D eigenvalue weighted by atomic mass is 16.4. The van der Waals surface area contributed by atoms with E-state index in [9.17, 15) is 9.59 Å². The Morgan fingerprint density at radius 1 is 1.04 bits per heavy atom. The van der Waals surface area contributed by atoms with Crippen LogP contribution in [0.4, 0.5) is 5.69 Å². The van der Waals surface area contributed by atoms with Crippen LogP contribution in [0.2, 0.25) is 0 Å². The first-order valence-electron chi connectivity index (χ1n) is 9.57. The SMILES string of the molecule is C=CC(=O)[N+](=C)c1ccc(-c2ccc(C(=O)N3CCN4CCC3CC4)o2)cc1. The number of furan rings is 1. The molecule has 3 fully saturated rings. The largest absolute Gasteiger partial charge is 0.451 e. The molecule has 28 heavy (non-hydrogen) atoms. The van der Waals surface area contributed by atoms with E-state index >= 15 is 0 Å². The van der Waals surface area contributed by atoms with E-state index in [1.165, 1.54) is 10.7 Å². The van der Waals surface area contributed by atoms with Crippen molar-refractivity contribution in [3.63, 3.8) is 0 Å². The molecule has 6 heteroatoms. The van der Waals surface area contributed by atoms with Gasteiger partial charge < -0.3 is 14.2 Å². The Morgan fingerprint density at radius 2 is 1.75 bits per heavy atom. The Labute approximate surface area is 164 Å². The molecule has 3 saturated heterocycles. The number of nitrogens with zero attached hydrogens (tertiary/aromatic N) is 3. The Bertz CT molecular complexity index is 921. The van der Waals surface area contributed by atoms with E-state index in [0.717, 1.165) is 44.6 Å². The molecule has 3 aliphatic heterocycles. The molecular formula is C22H24N3O3+. The predicted molar refractivity (Wildman–Crippen MR) is 107 cm³/mol. The summed E-state index contributed by atoms with van der Waals surface area (Å²) in [5.41, 5.74) is 1.50. The van der Waals surface area contributed by atoms with Gasteiger partial charge in [0.1, 0.15) is 12.5 Å². The number of carbonyl (C=O) groups is 2. The number of fused-ring (bicyclic) bond motifs is 4. The van der Waals surface area contributed by atoms with Gasteiger partial charge in [0, 0.05) is 56.0 Å². The zero-order chi connectivity index (χ0) is 19.7. The van der Waals surface area contributed by atoms with Crippen LogP contribution in [-0.4, -0.2) is 65.1 Å². The number of piperidine rings is 1. The molecule has 1 aromatic heterocycles. The molecule has 0 saturated carbocycles. The molecule has 0 radical (unpaired) electrons. The molecule has 3 aliphatic rings. The smallest absolute Gasteiger partial charge is 0.416 e. The number of carbonyl (C=O) groups excluding carboxylic acids is 2. The molecular weight excluding hydrogens is 354 g/mol. The van der Waals surface area contributed by atoms with Gasteiger partial charge >= 0.3 is 5.91 Å². The van der Waals surface area contributed by atoms with Crippen LogP contribution in [0.3, 0.4) is 0 Å². The molecule has 0 N–H and O–H groups in total. The maximum Gasteiger partial charge on any atom is 0.416 e. The van der Waals surface area contributed by atoms with Gasteiger partial charge in [-0.05, 0) is 37.1 Å². The minimum atomic E-state index is -0.276. The highest BCUT2D eigenvalue weighted by Crippen LogP contribution is 2.27. The fourth-order valence-electron chi connectivity index (χ4n) is 3.95. The molecule has 0 atom stereocenters. The predicted octanol–water partition coefficient (Wildman–Crippen LogP) is 2.92. The van der Waals surface area contributed by atoms with Gasteiger partial charge in [0.25, 0.3) is 5.91 Å². The van der Waals surface area contributed by atoms with E-state index in [2.05, 4.69) is 18.2 Å². The first-order chi connectivity index (χ1) is 13.6. The van der Waals surface area contributed by atoms with Gasteiger partial charge in [-0.25, -0.2) is 4.79 Å². The fourth-order valence-corrected chi connectivity index (χ4v) is 3.95. The molecule has 0 aliphatic carbocycles. The molecule has 6 nitrogen and oxygen atoms in total. The van der Waals surface area contributed by atoms with Gasteiger partial charge in [-0.1, -0.05) is 6.58 Å². The van der Waals surface area contributed by atoms with Crippen molar-refractivity contribution in [2.75, 3.05) is 26.2 Å². The number of rotatable bonds is 4. The van der Waals surface area contributed by atoms with Crippen LogP contribution in [0.15, 0.2) is 53.5 Å². The van der Waals surface area contributed by atoms with Gasteiger partial charge in [-0.2, -0.15) is 0 Å². The maximum atomic E-state index is 13.0. The van der Waals surface area contributed by atoms with Crippen LogP contribution in [0.25, 0.3) is 11.3 Å². The summed E-state index contributed by atoms with van der Waals surface area (Å²) in [6.45, 7) is 11.0. The first kappa shape index (κ1) is 18.4. The Balaban J connectivity index is 1.51. The molecule has 4 heterocycles. The maximum absolute atomic E-state index is 13.0. The quantitative estimate of drug-likeness (QED) is 0.466. The molecule has 5 rings (SSSR count). The van der Waals surface area contributed by atoms with Gasteiger partial charge in [0.2, 0.25) is 5.69 Å². The average molecular weight is 378 g/mol. The van der Waals surface area contributed by atoms with Crippen molar-refractivity contribution >= 4 is 24.2 Å². The molecule has 2 amide bonds. The zero-order valence-electron chi connectivity index (χ0n) is 15.8. The van der Waals surface area contributed by atoms with Crippen molar-refractivity contribution < 1.29 is 18.6 Å². The standard InChI is InChI=1S/C22H24N3O3/c1-3-21(26)23(2)17-6-4-16(5-7-17)19-8-9-20(28-19)22(27)25-15-14-24-12-10-18(25)11-13-24/h3-9,18H,1-2,10-15H2/q+1. The van der Waals surface area contributed by atoms with Crippen molar-refractivity contribution in [2.45, 2.75) is 18.9 Å². The number of hydrogen-bond donors (Lipinski definition) is 0. The van der Waals surface area contributed by atoms with Gasteiger partial charge in [-0.3, -0.25) is 4.79 Å². The van der Waals surface area contributed by atoms with Crippen molar-refractivity contribution in [3.05, 3.63) is 54.8 Å².